The Morgan fingerprint density at radius 3 is 2.33 bits per heavy atom. The minimum atomic E-state index is -0.374. The number of aryl methyl sites for hydroxylation is 1. The van der Waals surface area contributed by atoms with Crippen molar-refractivity contribution < 1.29 is 19.1 Å². The van der Waals surface area contributed by atoms with E-state index in [-0.39, 0.29) is 17.8 Å². The van der Waals surface area contributed by atoms with Gasteiger partial charge in [0.15, 0.2) is 0 Å². The van der Waals surface area contributed by atoms with Gasteiger partial charge in [-0.3, -0.25) is 14.4 Å². The van der Waals surface area contributed by atoms with Crippen molar-refractivity contribution in [2.24, 2.45) is 0 Å². The molecule has 2 rings (SSSR count). The summed E-state index contributed by atoms with van der Waals surface area (Å²) in [6.45, 7) is 8.49. The number of nitrogens with zero attached hydrogens (tertiary/aromatic N) is 2. The summed E-state index contributed by atoms with van der Waals surface area (Å²) in [4.78, 5) is 42.9. The number of hydrogen-bond acceptors (Lipinski definition) is 4. The van der Waals surface area contributed by atoms with Crippen LogP contribution >= 0.6 is 0 Å². The second-order valence-electron chi connectivity index (χ2n) is 8.76. The molecule has 0 atom stereocenters. The van der Waals surface area contributed by atoms with Crippen LogP contribution in [-0.4, -0.2) is 47.8 Å². The first-order valence-corrected chi connectivity index (χ1v) is 12.1. The first-order chi connectivity index (χ1) is 15.7. The Morgan fingerprint density at radius 1 is 0.970 bits per heavy atom. The second kappa shape index (κ2) is 13.0. The maximum atomic E-state index is 12.5. The molecule has 0 fully saturated rings. The van der Waals surface area contributed by atoms with Crippen LogP contribution in [0.2, 0.25) is 0 Å². The van der Waals surface area contributed by atoms with Crippen LogP contribution in [0, 0.1) is 6.92 Å². The van der Waals surface area contributed by atoms with Crippen molar-refractivity contribution in [3.63, 3.8) is 0 Å². The smallest absolute Gasteiger partial charge is 0.308 e. The van der Waals surface area contributed by atoms with Gasteiger partial charge in [-0.05, 0) is 44.4 Å². The van der Waals surface area contributed by atoms with Crippen molar-refractivity contribution in [1.82, 2.24) is 9.88 Å². The highest BCUT2D eigenvalue weighted by Gasteiger charge is 2.19. The highest BCUT2D eigenvalue weighted by molar-refractivity contribution is 6.04. The Kier molecular flexibility index (Phi) is 10.4. The van der Waals surface area contributed by atoms with Gasteiger partial charge in [0.2, 0.25) is 11.8 Å². The lowest BCUT2D eigenvalue weighted by Crippen LogP contribution is -2.30. The minimum absolute atomic E-state index is 0.0161. The Hall–Kier alpha value is -2.83. The van der Waals surface area contributed by atoms with E-state index in [1.807, 2.05) is 24.9 Å². The molecule has 0 aliphatic rings. The van der Waals surface area contributed by atoms with Gasteiger partial charge >= 0.3 is 5.97 Å². The molecule has 0 aliphatic carbocycles. The summed E-state index contributed by atoms with van der Waals surface area (Å²) in [5.74, 6) is 0.307. The van der Waals surface area contributed by atoms with Crippen molar-refractivity contribution in [3.8, 4) is 5.75 Å². The molecule has 0 spiro atoms. The first-order valence-electron chi connectivity index (χ1n) is 12.1. The number of esters is 1. The van der Waals surface area contributed by atoms with E-state index < -0.39 is 0 Å². The topological polar surface area (TPSA) is 82.7 Å². The molecule has 1 N–H and O–H groups in total. The molecular weight excluding hydrogens is 418 g/mol. The number of rotatable bonds is 13. The summed E-state index contributed by atoms with van der Waals surface area (Å²) in [5, 5.41) is 0.868. The summed E-state index contributed by atoms with van der Waals surface area (Å²) in [5.41, 5.74) is 2.65. The van der Waals surface area contributed by atoms with Crippen LogP contribution in [0.15, 0.2) is 18.2 Å². The second-order valence-corrected chi connectivity index (χ2v) is 8.76. The summed E-state index contributed by atoms with van der Waals surface area (Å²) in [6.07, 6.45) is 7.62. The highest BCUT2D eigenvalue weighted by Crippen LogP contribution is 2.34. The average Bonchev–Trinajstić information content (AvgIpc) is 3.08. The summed E-state index contributed by atoms with van der Waals surface area (Å²) >= 11 is 0. The molecular formula is C26H39N3O4. The van der Waals surface area contributed by atoms with Gasteiger partial charge in [0.25, 0.3) is 0 Å². The Morgan fingerprint density at radius 2 is 1.67 bits per heavy atom. The lowest BCUT2D eigenvalue weighted by Gasteiger charge is -2.22. The lowest BCUT2D eigenvalue weighted by atomic mass is 10.1. The molecule has 0 radical (unpaired) electrons. The predicted molar refractivity (Wildman–Crippen MR) is 133 cm³/mol. The SMILES string of the molecule is CCCCN(C)C(=O)CCCCCCCN(C(C)=O)c1c(C)[nH]c2ccc(OC(C)=O)cc12. The zero-order valence-electron chi connectivity index (χ0n) is 20.8. The molecule has 2 aromatic rings. The molecule has 0 aliphatic heterocycles. The molecule has 7 nitrogen and oxygen atoms in total. The Balaban J connectivity index is 1.88. The number of aromatic amines is 1. The number of ether oxygens (including phenoxy) is 1. The van der Waals surface area contributed by atoms with Crippen molar-refractivity contribution in [2.75, 3.05) is 25.0 Å². The summed E-state index contributed by atoms with van der Waals surface area (Å²) in [6, 6.07) is 5.41. The first kappa shape index (κ1) is 26.4. The number of unbranched alkanes of at least 4 members (excludes halogenated alkanes) is 5. The molecule has 1 heterocycles. The van der Waals surface area contributed by atoms with Crippen molar-refractivity contribution >= 4 is 34.4 Å². The van der Waals surface area contributed by atoms with Gasteiger partial charge in [-0.25, -0.2) is 0 Å². The van der Waals surface area contributed by atoms with E-state index in [9.17, 15) is 14.4 Å². The van der Waals surface area contributed by atoms with Gasteiger partial charge in [0, 0.05) is 57.0 Å². The maximum absolute atomic E-state index is 12.5. The summed E-state index contributed by atoms with van der Waals surface area (Å²) < 4.78 is 5.23. The van der Waals surface area contributed by atoms with E-state index in [1.54, 1.807) is 24.0 Å². The van der Waals surface area contributed by atoms with Gasteiger partial charge in [-0.2, -0.15) is 0 Å². The number of nitrogens with one attached hydrogen (secondary N) is 1. The van der Waals surface area contributed by atoms with Crippen LogP contribution in [0.1, 0.15) is 77.8 Å². The number of anilines is 1. The monoisotopic (exact) mass is 457 g/mol. The molecule has 1 aromatic heterocycles. The minimum Gasteiger partial charge on any atom is -0.427 e. The van der Waals surface area contributed by atoms with Crippen LogP contribution in [0.5, 0.6) is 5.75 Å². The third-order valence-electron chi connectivity index (χ3n) is 5.88. The highest BCUT2D eigenvalue weighted by atomic mass is 16.5. The normalized spacial score (nSPS) is 10.9. The fourth-order valence-electron chi connectivity index (χ4n) is 4.08. The van der Waals surface area contributed by atoms with Crippen LogP contribution in [0.3, 0.4) is 0 Å². The zero-order chi connectivity index (χ0) is 24.4. The number of aromatic nitrogens is 1. The van der Waals surface area contributed by atoms with Crippen LogP contribution in [0.4, 0.5) is 5.69 Å². The number of benzene rings is 1. The van der Waals surface area contributed by atoms with E-state index in [2.05, 4.69) is 11.9 Å². The quantitative estimate of drug-likeness (QED) is 0.250. The maximum Gasteiger partial charge on any atom is 0.308 e. The van der Waals surface area contributed by atoms with Gasteiger partial charge in [-0.15, -0.1) is 0 Å². The molecule has 1 aromatic carbocycles. The number of amides is 2. The van der Waals surface area contributed by atoms with Gasteiger partial charge in [0.05, 0.1) is 5.69 Å². The van der Waals surface area contributed by atoms with E-state index in [0.717, 1.165) is 73.8 Å². The largest absolute Gasteiger partial charge is 0.427 e. The molecule has 7 heteroatoms. The van der Waals surface area contributed by atoms with Crippen LogP contribution in [-0.2, 0) is 14.4 Å². The molecule has 0 unspecified atom stereocenters. The molecule has 2 amide bonds. The molecule has 0 saturated carbocycles. The lowest BCUT2D eigenvalue weighted by molar-refractivity contribution is -0.132. The summed E-state index contributed by atoms with van der Waals surface area (Å²) in [7, 11) is 1.89. The van der Waals surface area contributed by atoms with E-state index in [1.165, 1.54) is 6.92 Å². The van der Waals surface area contributed by atoms with Crippen LogP contribution in [0.25, 0.3) is 10.9 Å². The number of carbonyl (C=O) groups excluding carboxylic acids is 3. The van der Waals surface area contributed by atoms with Gasteiger partial charge in [0.1, 0.15) is 5.75 Å². The standard InChI is InChI=1S/C26H39N3O4/c1-6-7-16-28(5)25(32)13-11-9-8-10-12-17-29(20(3)30)26-19(2)27-24-15-14-22(18-23(24)26)33-21(4)31/h14-15,18,27H,6-13,16-17H2,1-5H3. The zero-order valence-corrected chi connectivity index (χ0v) is 20.8. The fourth-order valence-corrected chi connectivity index (χ4v) is 4.08. The van der Waals surface area contributed by atoms with Crippen molar-refractivity contribution in [1.29, 1.82) is 0 Å². The number of carbonyl (C=O) groups is 3. The van der Waals surface area contributed by atoms with Crippen molar-refractivity contribution in [2.45, 2.75) is 79.1 Å². The number of fused-ring (bicyclic) bond motifs is 1. The van der Waals surface area contributed by atoms with E-state index in [4.69, 9.17) is 4.74 Å². The number of hydrogen-bond donors (Lipinski definition) is 1. The molecule has 0 bridgehead atoms. The Labute approximate surface area is 197 Å². The van der Waals surface area contributed by atoms with Crippen molar-refractivity contribution in [3.05, 3.63) is 23.9 Å². The average molecular weight is 458 g/mol. The molecule has 33 heavy (non-hydrogen) atoms. The van der Waals surface area contributed by atoms with Gasteiger partial charge in [-0.1, -0.05) is 32.6 Å². The third kappa shape index (κ3) is 7.91. The molecule has 0 saturated heterocycles. The van der Waals surface area contributed by atoms with E-state index >= 15 is 0 Å². The fraction of sp³-hybridized carbons (Fsp3) is 0.577. The Bertz CT molecular complexity index is 950. The third-order valence-corrected chi connectivity index (χ3v) is 5.88. The number of H-pyrrole nitrogens is 1. The van der Waals surface area contributed by atoms with Gasteiger partial charge < -0.3 is 19.5 Å². The van der Waals surface area contributed by atoms with Crippen LogP contribution < -0.4 is 9.64 Å². The predicted octanol–water partition coefficient (Wildman–Crippen LogP) is 5.35. The van der Waals surface area contributed by atoms with E-state index in [0.29, 0.717) is 18.7 Å². The molecule has 182 valence electrons.